The average molecular weight is 359 g/mol. The van der Waals surface area contributed by atoms with E-state index in [4.69, 9.17) is 34.8 Å². The molecule has 0 aliphatic carbocycles. The maximum absolute atomic E-state index is 12.0. The molecule has 0 aliphatic rings. The van der Waals surface area contributed by atoms with Gasteiger partial charge in [0.25, 0.3) is 10.0 Å². The maximum atomic E-state index is 12.0. The molecule has 10 heteroatoms. The fraction of sp³-hybridized carbons (Fsp3) is 0.111. The van der Waals surface area contributed by atoms with Gasteiger partial charge >= 0.3 is 0 Å². The molecule has 2 aromatic rings. The van der Waals surface area contributed by atoms with Crippen LogP contribution in [0.5, 0.6) is 0 Å². The molecule has 5 nitrogen and oxygen atoms in total. The van der Waals surface area contributed by atoms with Crippen LogP contribution in [0.25, 0.3) is 0 Å². The largest absolute Gasteiger partial charge is 0.274 e. The summed E-state index contributed by atoms with van der Waals surface area (Å²) >= 11 is 18.2. The van der Waals surface area contributed by atoms with Crippen molar-refractivity contribution in [1.82, 2.24) is 9.97 Å². The second-order valence-electron chi connectivity index (χ2n) is 3.42. The van der Waals surface area contributed by atoms with Crippen LogP contribution in [0.3, 0.4) is 0 Å². The van der Waals surface area contributed by atoms with Gasteiger partial charge in [-0.1, -0.05) is 46.1 Å². The SMILES string of the molecule is Cc1nc(NS(=O)(=O)c2cnc(Cl)s2)c(Cl)cc1Cl. The second kappa shape index (κ2) is 5.41. The number of hydrogen-bond acceptors (Lipinski definition) is 5. The third-order valence-electron chi connectivity index (χ3n) is 2.06. The van der Waals surface area contributed by atoms with E-state index in [1.165, 1.54) is 6.07 Å². The van der Waals surface area contributed by atoms with Gasteiger partial charge in [-0.05, 0) is 13.0 Å². The van der Waals surface area contributed by atoms with Gasteiger partial charge in [0.05, 0.1) is 21.9 Å². The lowest BCUT2D eigenvalue weighted by molar-refractivity contribution is 0.603. The number of halogens is 3. The third kappa shape index (κ3) is 3.29. The number of rotatable bonds is 3. The Kier molecular flexibility index (Phi) is 4.22. The molecular weight excluding hydrogens is 353 g/mol. The molecule has 0 amide bonds. The highest BCUT2D eigenvalue weighted by Gasteiger charge is 2.20. The number of aryl methyl sites for hydroxylation is 1. The molecule has 0 saturated carbocycles. The van der Waals surface area contributed by atoms with Crippen LogP contribution in [0.2, 0.25) is 14.5 Å². The van der Waals surface area contributed by atoms with Crippen LogP contribution >= 0.6 is 46.1 Å². The van der Waals surface area contributed by atoms with E-state index in [0.717, 1.165) is 17.5 Å². The number of nitrogens with zero attached hydrogens (tertiary/aromatic N) is 2. The zero-order valence-electron chi connectivity index (χ0n) is 9.32. The summed E-state index contributed by atoms with van der Waals surface area (Å²) in [5.41, 5.74) is 0.464. The fourth-order valence-electron chi connectivity index (χ4n) is 1.17. The molecule has 0 unspecified atom stereocenters. The molecule has 0 spiro atoms. The number of thiazole rings is 1. The summed E-state index contributed by atoms with van der Waals surface area (Å²) < 4.78 is 26.4. The smallest absolute Gasteiger partial charge is 0.261 e. The van der Waals surface area contributed by atoms with Crippen LogP contribution < -0.4 is 4.72 Å². The Hall–Kier alpha value is -0.600. The summed E-state index contributed by atoms with van der Waals surface area (Å²) in [6.07, 6.45) is 1.16. The van der Waals surface area contributed by atoms with Crippen molar-refractivity contribution < 1.29 is 8.42 Å². The highest BCUT2D eigenvalue weighted by atomic mass is 35.5. The van der Waals surface area contributed by atoms with Gasteiger partial charge in [-0.15, -0.1) is 0 Å². The van der Waals surface area contributed by atoms with Gasteiger partial charge in [0, 0.05) is 0 Å². The fourth-order valence-corrected chi connectivity index (χ4v) is 3.95. The van der Waals surface area contributed by atoms with Gasteiger partial charge in [-0.3, -0.25) is 4.72 Å². The number of nitrogens with one attached hydrogen (secondary N) is 1. The molecule has 0 aliphatic heterocycles. The summed E-state index contributed by atoms with van der Waals surface area (Å²) in [5.74, 6) is 0.00749. The lowest BCUT2D eigenvalue weighted by Gasteiger charge is -2.08. The number of aromatic nitrogens is 2. The van der Waals surface area contributed by atoms with E-state index >= 15 is 0 Å². The van der Waals surface area contributed by atoms with E-state index in [-0.39, 0.29) is 19.5 Å². The van der Waals surface area contributed by atoms with E-state index in [9.17, 15) is 8.42 Å². The highest BCUT2D eigenvalue weighted by molar-refractivity contribution is 7.94. The van der Waals surface area contributed by atoms with Crippen molar-refractivity contribution in [2.45, 2.75) is 11.1 Å². The van der Waals surface area contributed by atoms with E-state index in [0.29, 0.717) is 10.7 Å². The molecular formula is C9H6Cl3N3O2S2. The molecule has 2 aromatic heterocycles. The second-order valence-corrected chi connectivity index (χ2v) is 7.76. The predicted octanol–water partition coefficient (Wildman–Crippen LogP) is 3.61. The molecule has 0 fully saturated rings. The molecule has 2 heterocycles. The number of pyridine rings is 1. The van der Waals surface area contributed by atoms with Crippen LogP contribution in [0.4, 0.5) is 5.82 Å². The molecule has 0 bridgehead atoms. The lowest BCUT2D eigenvalue weighted by atomic mass is 10.4. The first-order valence-corrected chi connectivity index (χ1v) is 8.20. The van der Waals surface area contributed by atoms with Crippen molar-refractivity contribution in [2.24, 2.45) is 0 Å². The zero-order valence-corrected chi connectivity index (χ0v) is 13.2. The number of sulfonamides is 1. The minimum absolute atomic E-state index is 0.00749. The molecule has 19 heavy (non-hydrogen) atoms. The Morgan fingerprint density at radius 3 is 2.53 bits per heavy atom. The zero-order chi connectivity index (χ0) is 14.2. The molecule has 0 radical (unpaired) electrons. The molecule has 0 aromatic carbocycles. The van der Waals surface area contributed by atoms with Crippen molar-refractivity contribution in [3.05, 3.63) is 32.5 Å². The van der Waals surface area contributed by atoms with E-state index in [2.05, 4.69) is 14.7 Å². The Balaban J connectivity index is 2.38. The van der Waals surface area contributed by atoms with Gasteiger partial charge in [0.2, 0.25) is 0 Å². The van der Waals surface area contributed by atoms with Crippen LogP contribution in [0, 0.1) is 6.92 Å². The van der Waals surface area contributed by atoms with Gasteiger partial charge in [-0.2, -0.15) is 0 Å². The van der Waals surface area contributed by atoms with Crippen molar-refractivity contribution >= 4 is 62.0 Å². The predicted molar refractivity (Wildman–Crippen MR) is 76.9 cm³/mol. The first kappa shape index (κ1) is 14.8. The summed E-state index contributed by atoms with van der Waals surface area (Å²) in [7, 11) is -3.81. The standard InChI is InChI=1S/C9H6Cl3N3O2S2/c1-4-5(10)2-6(11)8(14-4)15-19(16,17)7-3-13-9(12)18-7/h2-3H,1H3,(H,14,15). The van der Waals surface area contributed by atoms with Gasteiger partial charge in [0.1, 0.15) is 0 Å². The Morgan fingerprint density at radius 1 is 1.26 bits per heavy atom. The van der Waals surface area contributed by atoms with Crippen molar-refractivity contribution in [3.63, 3.8) is 0 Å². The van der Waals surface area contributed by atoms with Crippen LogP contribution in [0.15, 0.2) is 16.5 Å². The highest BCUT2D eigenvalue weighted by Crippen LogP contribution is 2.29. The average Bonchev–Trinajstić information content (AvgIpc) is 2.73. The topological polar surface area (TPSA) is 72.0 Å². The molecule has 1 N–H and O–H groups in total. The Bertz CT molecular complexity index is 730. The minimum Gasteiger partial charge on any atom is -0.261 e. The van der Waals surface area contributed by atoms with Crippen LogP contribution in [-0.2, 0) is 10.0 Å². The van der Waals surface area contributed by atoms with E-state index in [1.807, 2.05) is 0 Å². The number of anilines is 1. The molecule has 0 saturated heterocycles. The van der Waals surface area contributed by atoms with E-state index in [1.54, 1.807) is 6.92 Å². The summed E-state index contributed by atoms with van der Waals surface area (Å²) in [4.78, 5) is 7.66. The Labute approximate surface area is 128 Å². The van der Waals surface area contributed by atoms with Gasteiger partial charge < -0.3 is 0 Å². The Morgan fingerprint density at radius 2 is 1.95 bits per heavy atom. The van der Waals surface area contributed by atoms with Gasteiger partial charge in [0.15, 0.2) is 14.5 Å². The van der Waals surface area contributed by atoms with Crippen LogP contribution in [0.1, 0.15) is 5.69 Å². The molecule has 0 atom stereocenters. The van der Waals surface area contributed by atoms with Gasteiger partial charge in [-0.25, -0.2) is 18.4 Å². The first-order valence-electron chi connectivity index (χ1n) is 4.76. The summed E-state index contributed by atoms with van der Waals surface area (Å²) in [6, 6.07) is 1.42. The van der Waals surface area contributed by atoms with Crippen molar-refractivity contribution in [1.29, 1.82) is 0 Å². The third-order valence-corrected chi connectivity index (χ3v) is 5.64. The number of hydrogen-bond donors (Lipinski definition) is 1. The summed E-state index contributed by atoms with van der Waals surface area (Å²) in [6.45, 7) is 1.64. The molecule has 2 rings (SSSR count). The monoisotopic (exact) mass is 357 g/mol. The normalized spacial score (nSPS) is 11.6. The van der Waals surface area contributed by atoms with Crippen molar-refractivity contribution in [2.75, 3.05) is 4.72 Å². The minimum atomic E-state index is -3.81. The summed E-state index contributed by atoms with van der Waals surface area (Å²) in [5, 5.41) is 0.462. The van der Waals surface area contributed by atoms with Crippen molar-refractivity contribution in [3.8, 4) is 0 Å². The van der Waals surface area contributed by atoms with Crippen LogP contribution in [-0.4, -0.2) is 18.4 Å². The maximum Gasteiger partial charge on any atom is 0.274 e. The molecule has 102 valence electrons. The first-order chi connectivity index (χ1) is 8.79. The van der Waals surface area contributed by atoms with E-state index < -0.39 is 10.0 Å². The lowest BCUT2D eigenvalue weighted by Crippen LogP contribution is -2.13. The quantitative estimate of drug-likeness (QED) is 0.909.